The van der Waals surface area contributed by atoms with E-state index in [1.165, 1.54) is 6.07 Å². The second-order valence-electron chi connectivity index (χ2n) is 6.98. The highest BCUT2D eigenvalue weighted by molar-refractivity contribution is 6.34. The summed E-state index contributed by atoms with van der Waals surface area (Å²) in [5.74, 6) is -0.977. The van der Waals surface area contributed by atoms with Gasteiger partial charge in [-0.3, -0.25) is 9.78 Å². The maximum Gasteiger partial charge on any atom is 0.250 e. The molecule has 0 aliphatic heterocycles. The lowest BCUT2D eigenvalue weighted by Gasteiger charge is -2.07. The van der Waals surface area contributed by atoms with Crippen molar-refractivity contribution >= 4 is 52.0 Å². The highest BCUT2D eigenvalue weighted by Crippen LogP contribution is 2.26. The van der Waals surface area contributed by atoms with Gasteiger partial charge in [0.1, 0.15) is 11.3 Å². The van der Waals surface area contributed by atoms with Crippen LogP contribution in [0.15, 0.2) is 60.8 Å². The van der Waals surface area contributed by atoms with Gasteiger partial charge in [-0.05, 0) is 36.4 Å². The molecule has 160 valence electrons. The van der Waals surface area contributed by atoms with Crippen LogP contribution in [0.5, 0.6) is 0 Å². The molecule has 5 aromatic rings. The van der Waals surface area contributed by atoms with Gasteiger partial charge in [0, 0.05) is 28.8 Å². The monoisotopic (exact) mass is 468 g/mol. The molecule has 2 N–H and O–H groups in total. The summed E-state index contributed by atoms with van der Waals surface area (Å²) in [7, 11) is 0. The van der Waals surface area contributed by atoms with Crippen molar-refractivity contribution in [1.82, 2.24) is 25.0 Å². The number of carbonyl (C=O) groups excluding carboxylic acids is 1. The van der Waals surface area contributed by atoms with Crippen molar-refractivity contribution in [3.63, 3.8) is 0 Å². The summed E-state index contributed by atoms with van der Waals surface area (Å²) in [5.41, 5.74) is 8.97. The zero-order valence-electron chi connectivity index (χ0n) is 16.4. The second kappa shape index (κ2) is 8.49. The number of pyridine rings is 2. The zero-order valence-corrected chi connectivity index (χ0v) is 17.9. The fraction of sp³-hybridized carbons (Fsp3) is 0.0455. The highest BCUT2D eigenvalue weighted by atomic mass is 35.5. The number of hydrogen-bond acceptors (Lipinski definition) is 5. The van der Waals surface area contributed by atoms with Crippen molar-refractivity contribution < 1.29 is 9.18 Å². The van der Waals surface area contributed by atoms with Crippen molar-refractivity contribution in [2.75, 3.05) is 0 Å². The third-order valence-electron chi connectivity index (χ3n) is 4.98. The first-order valence-corrected chi connectivity index (χ1v) is 9.70. The summed E-state index contributed by atoms with van der Waals surface area (Å²) in [6.45, 7) is 0.158. The lowest BCUT2D eigenvalue weighted by Crippen LogP contribution is -2.11. The maximum absolute atomic E-state index is 14.6. The van der Waals surface area contributed by atoms with Crippen molar-refractivity contribution in [1.29, 1.82) is 0 Å². The number of rotatable bonds is 4. The van der Waals surface area contributed by atoms with E-state index in [-0.39, 0.29) is 35.4 Å². The molecule has 0 radical (unpaired) electrons. The minimum atomic E-state index is -0.602. The predicted octanol–water partition coefficient (Wildman–Crippen LogP) is 4.40. The molecule has 2 aromatic carbocycles. The molecule has 0 saturated heterocycles. The second-order valence-corrected chi connectivity index (χ2v) is 7.39. The molecule has 1 amide bonds. The predicted molar refractivity (Wildman–Crippen MR) is 122 cm³/mol. The van der Waals surface area contributed by atoms with E-state index in [9.17, 15) is 9.18 Å². The van der Waals surface area contributed by atoms with Crippen molar-refractivity contribution in [2.45, 2.75) is 6.54 Å². The number of carbonyl (C=O) groups is 1. The van der Waals surface area contributed by atoms with Crippen LogP contribution in [-0.4, -0.2) is 30.9 Å². The van der Waals surface area contributed by atoms with Gasteiger partial charge in [-0.2, -0.15) is 0 Å². The first kappa shape index (κ1) is 21.6. The third-order valence-corrected chi connectivity index (χ3v) is 5.29. The van der Waals surface area contributed by atoms with Crippen LogP contribution in [0.2, 0.25) is 5.02 Å². The first-order chi connectivity index (χ1) is 15.0. The van der Waals surface area contributed by atoms with E-state index in [0.29, 0.717) is 33.5 Å². The molecule has 3 aromatic heterocycles. The molecule has 7 nitrogen and oxygen atoms in total. The minimum absolute atomic E-state index is 0. The smallest absolute Gasteiger partial charge is 0.250 e. The Balaban J connectivity index is 0.00000245. The van der Waals surface area contributed by atoms with E-state index in [1.807, 2.05) is 6.07 Å². The molecule has 0 spiro atoms. The van der Waals surface area contributed by atoms with Gasteiger partial charge in [0.05, 0.1) is 28.3 Å². The minimum Gasteiger partial charge on any atom is -0.366 e. The van der Waals surface area contributed by atoms with Crippen LogP contribution in [0.4, 0.5) is 4.39 Å². The molecule has 5 rings (SSSR count). The average molecular weight is 469 g/mol. The Labute approximate surface area is 192 Å². The Morgan fingerprint density at radius 3 is 2.72 bits per heavy atom. The number of benzene rings is 2. The van der Waals surface area contributed by atoms with Gasteiger partial charge in [-0.1, -0.05) is 28.9 Å². The van der Waals surface area contributed by atoms with Crippen LogP contribution in [-0.2, 0) is 6.54 Å². The largest absolute Gasteiger partial charge is 0.366 e. The molecule has 0 atom stereocenters. The standard InChI is InChI=1S/C22H14ClFN6O.ClH/c23-16-9-13(3-4-15(16)21(25)31)18-5-6-19-22(27-18)30(29-28-19)11-14-8-12-2-1-7-26-20(12)10-17(14)24;/h1-10H,11H2,(H2,25,31);1H. The molecule has 0 aliphatic rings. The molecule has 0 saturated carbocycles. The molecule has 0 aliphatic carbocycles. The van der Waals surface area contributed by atoms with Crippen LogP contribution in [0.1, 0.15) is 15.9 Å². The number of hydrogen-bond donors (Lipinski definition) is 1. The van der Waals surface area contributed by atoms with Crippen LogP contribution >= 0.6 is 24.0 Å². The van der Waals surface area contributed by atoms with E-state index in [1.54, 1.807) is 53.3 Å². The highest BCUT2D eigenvalue weighted by Gasteiger charge is 2.14. The summed E-state index contributed by atoms with van der Waals surface area (Å²) >= 11 is 6.17. The first-order valence-electron chi connectivity index (χ1n) is 9.33. The summed E-state index contributed by atoms with van der Waals surface area (Å²) in [6.07, 6.45) is 1.63. The lowest BCUT2D eigenvalue weighted by atomic mass is 10.1. The van der Waals surface area contributed by atoms with Gasteiger partial charge < -0.3 is 5.73 Å². The van der Waals surface area contributed by atoms with Crippen molar-refractivity contribution in [2.24, 2.45) is 5.73 Å². The average Bonchev–Trinajstić information content (AvgIpc) is 3.16. The normalized spacial score (nSPS) is 10.9. The molecular formula is C22H15Cl2FN6O. The zero-order chi connectivity index (χ0) is 21.5. The molecular weight excluding hydrogens is 454 g/mol. The third kappa shape index (κ3) is 3.86. The Morgan fingerprint density at radius 1 is 1.09 bits per heavy atom. The number of fused-ring (bicyclic) bond motifs is 2. The van der Waals surface area contributed by atoms with Gasteiger partial charge in [0.2, 0.25) is 5.91 Å². The van der Waals surface area contributed by atoms with E-state index in [0.717, 1.165) is 5.39 Å². The van der Waals surface area contributed by atoms with E-state index >= 15 is 0 Å². The van der Waals surface area contributed by atoms with Gasteiger partial charge in [0.15, 0.2) is 5.65 Å². The Bertz CT molecular complexity index is 1490. The van der Waals surface area contributed by atoms with E-state index < -0.39 is 5.91 Å². The Morgan fingerprint density at radius 2 is 1.94 bits per heavy atom. The van der Waals surface area contributed by atoms with Crippen LogP contribution in [0, 0.1) is 5.82 Å². The summed E-state index contributed by atoms with van der Waals surface area (Å²) < 4.78 is 16.2. The van der Waals surface area contributed by atoms with E-state index in [4.69, 9.17) is 17.3 Å². The number of aromatic nitrogens is 5. The number of halogens is 3. The molecule has 0 bridgehead atoms. The van der Waals surface area contributed by atoms with Gasteiger partial charge >= 0.3 is 0 Å². The van der Waals surface area contributed by atoms with Crippen LogP contribution in [0.25, 0.3) is 33.3 Å². The molecule has 0 unspecified atom stereocenters. The molecule has 0 fully saturated rings. The molecule has 10 heteroatoms. The summed E-state index contributed by atoms with van der Waals surface area (Å²) in [4.78, 5) is 20.2. The van der Waals surface area contributed by atoms with Crippen LogP contribution < -0.4 is 5.73 Å². The van der Waals surface area contributed by atoms with Gasteiger partial charge in [0.25, 0.3) is 0 Å². The maximum atomic E-state index is 14.6. The van der Waals surface area contributed by atoms with Gasteiger partial charge in [-0.25, -0.2) is 14.1 Å². The molecule has 3 heterocycles. The van der Waals surface area contributed by atoms with E-state index in [2.05, 4.69) is 20.3 Å². The lowest BCUT2D eigenvalue weighted by molar-refractivity contribution is 0.100. The Kier molecular flexibility index (Phi) is 5.73. The fourth-order valence-electron chi connectivity index (χ4n) is 3.42. The van der Waals surface area contributed by atoms with Crippen molar-refractivity contribution in [3.05, 3.63) is 82.8 Å². The topological polar surface area (TPSA) is 99.6 Å². The number of primary amides is 1. The van der Waals surface area contributed by atoms with Gasteiger partial charge in [-0.15, -0.1) is 17.5 Å². The number of nitrogens with zero attached hydrogens (tertiary/aromatic N) is 5. The quantitative estimate of drug-likeness (QED) is 0.421. The fourth-order valence-corrected chi connectivity index (χ4v) is 3.69. The number of amides is 1. The number of nitrogens with two attached hydrogens (primary N) is 1. The van der Waals surface area contributed by atoms with Crippen LogP contribution in [0.3, 0.4) is 0 Å². The summed E-state index contributed by atoms with van der Waals surface area (Å²) in [5, 5.41) is 9.34. The summed E-state index contributed by atoms with van der Waals surface area (Å²) in [6, 6.07) is 15.3. The Hall–Kier alpha value is -3.62. The molecule has 32 heavy (non-hydrogen) atoms. The SMILES string of the molecule is Cl.NC(=O)c1ccc(-c2ccc3nnn(Cc4cc5cccnc5cc4F)c3n2)cc1Cl. The van der Waals surface area contributed by atoms with Crippen molar-refractivity contribution in [3.8, 4) is 11.3 Å².